The van der Waals surface area contributed by atoms with E-state index in [0.717, 1.165) is 58.8 Å². The first-order valence-corrected chi connectivity index (χ1v) is 11.8. The van der Waals surface area contributed by atoms with Crippen LogP contribution in [0.2, 0.25) is 0 Å². The average Bonchev–Trinajstić information content (AvgIpc) is 3.28. The molecule has 2 saturated heterocycles. The van der Waals surface area contributed by atoms with Crippen molar-refractivity contribution in [1.82, 2.24) is 9.88 Å². The maximum atomic E-state index is 10.6. The van der Waals surface area contributed by atoms with E-state index in [2.05, 4.69) is 16.0 Å². The lowest BCUT2D eigenvalue weighted by atomic mass is 10.0. The number of halogens is 6. The standard InChI is InChI=1S/C19H28N2O3.2C2HF3O2/c1-2-16(12-20-7-1)13-21-8-11-23-19-17(21)3-4-18(19)24-14-15-5-9-22-10-6-15;2*3-2(4,5)1(6)7/h1-2,7,12,15,17-19H,3-6,8-11,13-14H2;2*(H,6,7)/t17-,18+,19+;;/m0../s1. The molecule has 3 fully saturated rings. The lowest BCUT2D eigenvalue weighted by molar-refractivity contribution is -0.193. The van der Waals surface area contributed by atoms with E-state index in [-0.39, 0.29) is 12.2 Å². The Hall–Kier alpha value is -2.49. The minimum Gasteiger partial charge on any atom is -0.475 e. The molecule has 0 bridgehead atoms. The molecule has 15 heteroatoms. The smallest absolute Gasteiger partial charge is 0.475 e. The van der Waals surface area contributed by atoms with E-state index in [1.165, 1.54) is 12.0 Å². The van der Waals surface area contributed by atoms with Crippen LogP contribution in [0.25, 0.3) is 0 Å². The summed E-state index contributed by atoms with van der Waals surface area (Å²) >= 11 is 0. The molecule has 0 spiro atoms. The molecule has 0 unspecified atom stereocenters. The molecule has 2 N–H and O–H groups in total. The topological polar surface area (TPSA) is 118 Å². The van der Waals surface area contributed by atoms with Crippen LogP contribution in [-0.2, 0) is 30.3 Å². The Morgan fingerprint density at radius 1 is 1.00 bits per heavy atom. The predicted molar refractivity (Wildman–Crippen MR) is 118 cm³/mol. The Bertz CT molecular complexity index is 842. The maximum absolute atomic E-state index is 10.6. The number of carbonyl (C=O) groups is 2. The SMILES string of the molecule is O=C(O)C(F)(F)F.O=C(O)C(F)(F)F.c1cncc(CN2CCO[C@H]3[C@H](OCC4CCOCC4)CC[C@@H]32)c1. The molecule has 3 aliphatic rings. The van der Waals surface area contributed by atoms with Crippen LogP contribution in [-0.4, -0.2) is 95.6 Å². The third kappa shape index (κ3) is 10.7. The van der Waals surface area contributed by atoms with Crippen molar-refractivity contribution < 1.29 is 60.4 Å². The number of aliphatic carboxylic acids is 2. The van der Waals surface area contributed by atoms with E-state index in [1.54, 1.807) is 0 Å². The molecule has 3 heterocycles. The lowest BCUT2D eigenvalue weighted by Crippen LogP contribution is -2.51. The number of ether oxygens (including phenoxy) is 3. The number of alkyl halides is 6. The second-order valence-electron chi connectivity index (χ2n) is 8.85. The number of aromatic nitrogens is 1. The van der Waals surface area contributed by atoms with Gasteiger partial charge in [0.05, 0.1) is 25.4 Å². The van der Waals surface area contributed by atoms with Gasteiger partial charge < -0.3 is 24.4 Å². The monoisotopic (exact) mass is 560 g/mol. The van der Waals surface area contributed by atoms with E-state index >= 15 is 0 Å². The fourth-order valence-corrected chi connectivity index (χ4v) is 4.27. The van der Waals surface area contributed by atoms with E-state index in [0.29, 0.717) is 12.0 Å². The van der Waals surface area contributed by atoms with E-state index < -0.39 is 24.3 Å². The number of morpholine rings is 1. The van der Waals surface area contributed by atoms with Crippen molar-refractivity contribution in [3.63, 3.8) is 0 Å². The van der Waals surface area contributed by atoms with E-state index in [9.17, 15) is 26.3 Å². The molecule has 9 nitrogen and oxygen atoms in total. The fourth-order valence-electron chi connectivity index (χ4n) is 4.27. The molecule has 38 heavy (non-hydrogen) atoms. The summed E-state index contributed by atoms with van der Waals surface area (Å²) in [6.45, 7) is 5.41. The number of carboxylic acid groups (broad SMARTS) is 2. The van der Waals surface area contributed by atoms with E-state index in [4.69, 9.17) is 34.0 Å². The highest BCUT2D eigenvalue weighted by Crippen LogP contribution is 2.33. The summed E-state index contributed by atoms with van der Waals surface area (Å²) in [5, 5.41) is 14.2. The van der Waals surface area contributed by atoms with Crippen LogP contribution < -0.4 is 0 Å². The third-order valence-electron chi connectivity index (χ3n) is 6.13. The molecule has 216 valence electrons. The summed E-state index contributed by atoms with van der Waals surface area (Å²) in [7, 11) is 0. The van der Waals surface area contributed by atoms with Gasteiger partial charge in [0, 0.05) is 44.7 Å². The van der Waals surface area contributed by atoms with Crippen molar-refractivity contribution in [3.8, 4) is 0 Å². The zero-order valence-corrected chi connectivity index (χ0v) is 20.3. The quantitative estimate of drug-likeness (QED) is 0.522. The van der Waals surface area contributed by atoms with Crippen molar-refractivity contribution in [2.45, 2.75) is 62.8 Å². The number of carboxylic acids is 2. The highest BCUT2D eigenvalue weighted by atomic mass is 19.4. The van der Waals surface area contributed by atoms with Gasteiger partial charge in [-0.3, -0.25) is 9.88 Å². The normalized spacial score (nSPS) is 24.3. The zero-order chi connectivity index (χ0) is 28.3. The van der Waals surface area contributed by atoms with Crippen LogP contribution in [0, 0.1) is 5.92 Å². The van der Waals surface area contributed by atoms with Crippen LogP contribution in [0.3, 0.4) is 0 Å². The lowest BCUT2D eigenvalue weighted by Gasteiger charge is -2.39. The number of rotatable bonds is 5. The Labute approximate surface area is 214 Å². The predicted octanol–water partition coefficient (Wildman–Crippen LogP) is 3.52. The number of pyridine rings is 1. The van der Waals surface area contributed by atoms with Gasteiger partial charge in [0.1, 0.15) is 0 Å². The van der Waals surface area contributed by atoms with Gasteiger partial charge in [-0.15, -0.1) is 0 Å². The third-order valence-corrected chi connectivity index (χ3v) is 6.13. The number of hydrogen-bond acceptors (Lipinski definition) is 7. The molecule has 3 atom stereocenters. The Morgan fingerprint density at radius 3 is 2.13 bits per heavy atom. The number of nitrogens with zero attached hydrogens (tertiary/aromatic N) is 2. The minimum atomic E-state index is -5.08. The Kier molecular flexibility index (Phi) is 12.2. The maximum Gasteiger partial charge on any atom is 0.490 e. The molecule has 1 saturated carbocycles. The fraction of sp³-hybridized carbons (Fsp3) is 0.696. The molecule has 2 aliphatic heterocycles. The van der Waals surface area contributed by atoms with Gasteiger partial charge in [0.25, 0.3) is 0 Å². The van der Waals surface area contributed by atoms with Crippen molar-refractivity contribution in [1.29, 1.82) is 0 Å². The summed E-state index contributed by atoms with van der Waals surface area (Å²) in [6, 6.07) is 4.66. The number of fused-ring (bicyclic) bond motifs is 1. The molecule has 0 radical (unpaired) electrons. The summed E-state index contributed by atoms with van der Waals surface area (Å²) in [5.74, 6) is -4.85. The second-order valence-corrected chi connectivity index (χ2v) is 8.85. The largest absolute Gasteiger partial charge is 0.490 e. The van der Waals surface area contributed by atoms with Crippen LogP contribution in [0.15, 0.2) is 24.5 Å². The Balaban J connectivity index is 0.000000301. The van der Waals surface area contributed by atoms with Gasteiger partial charge in [-0.2, -0.15) is 26.3 Å². The first-order valence-electron chi connectivity index (χ1n) is 11.8. The first-order chi connectivity index (χ1) is 17.8. The Morgan fingerprint density at radius 2 is 1.61 bits per heavy atom. The summed E-state index contributed by atoms with van der Waals surface area (Å²) in [5.41, 5.74) is 1.28. The minimum absolute atomic E-state index is 0.232. The zero-order valence-electron chi connectivity index (χ0n) is 20.3. The van der Waals surface area contributed by atoms with Crippen LogP contribution in [0.5, 0.6) is 0 Å². The molecule has 1 aliphatic carbocycles. The van der Waals surface area contributed by atoms with Gasteiger partial charge in [-0.1, -0.05) is 6.07 Å². The van der Waals surface area contributed by atoms with Gasteiger partial charge in [0.2, 0.25) is 0 Å². The first kappa shape index (κ1) is 31.7. The highest BCUT2D eigenvalue weighted by molar-refractivity contribution is 5.73. The van der Waals surface area contributed by atoms with Crippen LogP contribution in [0.1, 0.15) is 31.2 Å². The molecular formula is C23H30F6N2O7. The van der Waals surface area contributed by atoms with Crippen molar-refractivity contribution in [2.75, 3.05) is 33.0 Å². The molecular weight excluding hydrogens is 530 g/mol. The van der Waals surface area contributed by atoms with Gasteiger partial charge in [-0.25, -0.2) is 9.59 Å². The molecule has 1 aromatic heterocycles. The van der Waals surface area contributed by atoms with Crippen molar-refractivity contribution in [3.05, 3.63) is 30.1 Å². The molecule has 0 aromatic carbocycles. The second kappa shape index (κ2) is 14.6. The van der Waals surface area contributed by atoms with Gasteiger partial charge in [-0.05, 0) is 43.2 Å². The van der Waals surface area contributed by atoms with Gasteiger partial charge >= 0.3 is 24.3 Å². The number of hydrogen-bond donors (Lipinski definition) is 2. The summed E-state index contributed by atoms with van der Waals surface area (Å²) < 4.78 is 81.3. The van der Waals surface area contributed by atoms with Crippen molar-refractivity contribution in [2.24, 2.45) is 5.92 Å². The molecule has 1 aromatic rings. The summed E-state index contributed by atoms with van der Waals surface area (Å²) in [6.07, 6.45) is -1.32. The molecule has 0 amide bonds. The van der Waals surface area contributed by atoms with E-state index in [1.807, 2.05) is 18.5 Å². The van der Waals surface area contributed by atoms with Crippen molar-refractivity contribution >= 4 is 11.9 Å². The average molecular weight is 560 g/mol. The summed E-state index contributed by atoms with van der Waals surface area (Å²) in [4.78, 5) is 24.6. The van der Waals surface area contributed by atoms with Crippen LogP contribution in [0.4, 0.5) is 26.3 Å². The van der Waals surface area contributed by atoms with Crippen LogP contribution >= 0.6 is 0 Å². The van der Waals surface area contributed by atoms with Gasteiger partial charge in [0.15, 0.2) is 0 Å². The highest BCUT2D eigenvalue weighted by Gasteiger charge is 2.43. The molecule has 4 rings (SSSR count).